The van der Waals surface area contributed by atoms with Crippen molar-refractivity contribution in [3.8, 4) is 0 Å². The van der Waals surface area contributed by atoms with Crippen LogP contribution in [0.15, 0.2) is 18.2 Å². The Bertz CT molecular complexity index is 547. The van der Waals surface area contributed by atoms with Crippen molar-refractivity contribution >= 4 is 17.3 Å². The van der Waals surface area contributed by atoms with Crippen molar-refractivity contribution in [2.45, 2.75) is 31.9 Å². The third-order valence-corrected chi connectivity index (χ3v) is 3.55. The van der Waals surface area contributed by atoms with Crippen LogP contribution in [0.5, 0.6) is 0 Å². The molecule has 2 unspecified atom stereocenters. The van der Waals surface area contributed by atoms with E-state index in [9.17, 15) is 14.9 Å². The van der Waals surface area contributed by atoms with Gasteiger partial charge in [0.05, 0.1) is 16.6 Å². The molecule has 1 heterocycles. The Morgan fingerprint density at radius 3 is 2.86 bits per heavy atom. The van der Waals surface area contributed by atoms with Gasteiger partial charge >= 0.3 is 0 Å². The highest BCUT2D eigenvalue weighted by Crippen LogP contribution is 2.28. The average Bonchev–Trinajstić information content (AvgIpc) is 2.46. The summed E-state index contributed by atoms with van der Waals surface area (Å²) >= 11 is 0. The van der Waals surface area contributed by atoms with Crippen LogP contribution < -0.4 is 10.6 Å². The second-order valence-electron chi connectivity index (χ2n) is 5.08. The second-order valence-corrected chi connectivity index (χ2v) is 5.08. The van der Waals surface area contributed by atoms with Gasteiger partial charge in [0.25, 0.3) is 11.6 Å². The van der Waals surface area contributed by atoms with Gasteiger partial charge in [0.1, 0.15) is 5.69 Å². The summed E-state index contributed by atoms with van der Waals surface area (Å²) in [5.41, 5.74) is 0.413. The van der Waals surface area contributed by atoms with E-state index in [1.807, 2.05) is 6.92 Å². The number of carbonyl (C=O) groups is 1. The molecule has 0 aliphatic carbocycles. The Morgan fingerprint density at radius 2 is 2.24 bits per heavy atom. The van der Waals surface area contributed by atoms with Crippen molar-refractivity contribution in [1.29, 1.82) is 0 Å². The number of nitro benzene ring substituents is 1. The van der Waals surface area contributed by atoms with Gasteiger partial charge in [-0.3, -0.25) is 14.9 Å². The van der Waals surface area contributed by atoms with Gasteiger partial charge in [0.15, 0.2) is 0 Å². The monoisotopic (exact) mass is 293 g/mol. The topological polar surface area (TPSA) is 93.5 Å². The van der Waals surface area contributed by atoms with E-state index >= 15 is 0 Å². The number of anilines is 1. The first-order chi connectivity index (χ1) is 10.0. The molecule has 0 radical (unpaired) electrons. The third-order valence-electron chi connectivity index (χ3n) is 3.55. The summed E-state index contributed by atoms with van der Waals surface area (Å²) in [4.78, 5) is 22.9. The molecule has 1 aromatic rings. The first-order valence-corrected chi connectivity index (χ1v) is 6.90. The number of rotatable bonds is 4. The largest absolute Gasteiger partial charge is 0.382 e. The molecule has 2 N–H and O–H groups in total. The Morgan fingerprint density at radius 1 is 1.48 bits per heavy atom. The number of hydrogen-bond acceptors (Lipinski definition) is 5. The van der Waals surface area contributed by atoms with Crippen LogP contribution in [0.2, 0.25) is 0 Å². The maximum Gasteiger partial charge on any atom is 0.293 e. The van der Waals surface area contributed by atoms with Crippen molar-refractivity contribution in [1.82, 2.24) is 5.32 Å². The molecule has 7 nitrogen and oxygen atoms in total. The number of amides is 1. The lowest BCUT2D eigenvalue weighted by Crippen LogP contribution is -2.41. The van der Waals surface area contributed by atoms with Gasteiger partial charge < -0.3 is 15.4 Å². The summed E-state index contributed by atoms with van der Waals surface area (Å²) in [6.45, 7) is 2.57. The third kappa shape index (κ3) is 3.49. The molecule has 1 saturated heterocycles. The predicted molar refractivity (Wildman–Crippen MR) is 78.5 cm³/mol. The molecule has 0 bridgehead atoms. The quantitative estimate of drug-likeness (QED) is 0.653. The predicted octanol–water partition coefficient (Wildman–Crippen LogP) is 1.93. The molecule has 0 aromatic heterocycles. The summed E-state index contributed by atoms with van der Waals surface area (Å²) in [5, 5.41) is 16.7. The zero-order chi connectivity index (χ0) is 15.4. The molecule has 21 heavy (non-hydrogen) atoms. The number of para-hydroxylation sites is 1. The van der Waals surface area contributed by atoms with Gasteiger partial charge in [-0.2, -0.15) is 0 Å². The standard InChI is InChI=1S/C14H19N3O4/c1-9-8-10(6-7-21-9)16-14(18)11-4-3-5-12(17(19)20)13(11)15-2/h3-5,9-10,15H,6-8H2,1-2H3,(H,16,18). The SMILES string of the molecule is CNc1c(C(=O)NC2CCOC(C)C2)cccc1[N+](=O)[O-]. The van der Waals surface area contributed by atoms with Crippen LogP contribution in [0.1, 0.15) is 30.1 Å². The fourth-order valence-corrected chi connectivity index (χ4v) is 2.54. The zero-order valence-corrected chi connectivity index (χ0v) is 12.1. The molecule has 1 amide bonds. The zero-order valence-electron chi connectivity index (χ0n) is 12.1. The molecule has 2 atom stereocenters. The minimum absolute atomic E-state index is 0.0326. The molecule has 1 aromatic carbocycles. The molecule has 7 heteroatoms. The van der Waals surface area contributed by atoms with Crippen LogP contribution in [-0.4, -0.2) is 36.6 Å². The Kier molecular flexibility index (Phi) is 4.74. The second kappa shape index (κ2) is 6.53. The molecule has 1 fully saturated rings. The molecular weight excluding hydrogens is 274 g/mol. The normalized spacial score (nSPS) is 21.6. The van der Waals surface area contributed by atoms with E-state index in [0.717, 1.165) is 12.8 Å². The Hall–Kier alpha value is -2.15. The summed E-state index contributed by atoms with van der Waals surface area (Å²) in [6, 6.07) is 4.50. The van der Waals surface area contributed by atoms with E-state index < -0.39 is 4.92 Å². The van der Waals surface area contributed by atoms with Crippen LogP contribution in [0.3, 0.4) is 0 Å². The van der Waals surface area contributed by atoms with E-state index in [1.165, 1.54) is 12.1 Å². The minimum Gasteiger partial charge on any atom is -0.382 e. The van der Waals surface area contributed by atoms with Crippen molar-refractivity contribution in [2.75, 3.05) is 19.0 Å². The number of benzene rings is 1. The highest BCUT2D eigenvalue weighted by Gasteiger charge is 2.25. The first-order valence-electron chi connectivity index (χ1n) is 6.90. The smallest absolute Gasteiger partial charge is 0.293 e. The van der Waals surface area contributed by atoms with Gasteiger partial charge in [-0.15, -0.1) is 0 Å². The van der Waals surface area contributed by atoms with Crippen LogP contribution in [-0.2, 0) is 4.74 Å². The molecular formula is C14H19N3O4. The summed E-state index contributed by atoms with van der Waals surface area (Å²) in [5.74, 6) is -0.304. The van der Waals surface area contributed by atoms with E-state index in [0.29, 0.717) is 6.61 Å². The van der Waals surface area contributed by atoms with Crippen LogP contribution in [0.25, 0.3) is 0 Å². The maximum atomic E-state index is 12.4. The van der Waals surface area contributed by atoms with Crippen LogP contribution in [0.4, 0.5) is 11.4 Å². The summed E-state index contributed by atoms with van der Waals surface area (Å²) in [7, 11) is 1.57. The number of nitrogens with zero attached hydrogens (tertiary/aromatic N) is 1. The van der Waals surface area contributed by atoms with Gasteiger partial charge in [-0.25, -0.2) is 0 Å². The van der Waals surface area contributed by atoms with E-state index in [-0.39, 0.29) is 35.0 Å². The van der Waals surface area contributed by atoms with Crippen molar-refractivity contribution in [2.24, 2.45) is 0 Å². The molecule has 0 spiro atoms. The van der Waals surface area contributed by atoms with Crippen LogP contribution >= 0.6 is 0 Å². The lowest BCUT2D eigenvalue weighted by Gasteiger charge is -2.28. The molecule has 1 aliphatic heterocycles. The van der Waals surface area contributed by atoms with Crippen molar-refractivity contribution in [3.05, 3.63) is 33.9 Å². The Labute approximate surface area is 122 Å². The number of ether oxygens (including phenoxy) is 1. The van der Waals surface area contributed by atoms with Crippen molar-refractivity contribution in [3.63, 3.8) is 0 Å². The summed E-state index contributed by atoms with van der Waals surface area (Å²) < 4.78 is 5.44. The van der Waals surface area contributed by atoms with Crippen LogP contribution in [0, 0.1) is 10.1 Å². The molecule has 0 saturated carbocycles. The fourth-order valence-electron chi connectivity index (χ4n) is 2.54. The van der Waals surface area contributed by atoms with E-state index in [1.54, 1.807) is 13.1 Å². The Balaban J connectivity index is 2.19. The minimum atomic E-state index is -0.501. The highest BCUT2D eigenvalue weighted by molar-refractivity contribution is 6.01. The number of hydrogen-bond donors (Lipinski definition) is 2. The van der Waals surface area contributed by atoms with E-state index in [2.05, 4.69) is 10.6 Å². The lowest BCUT2D eigenvalue weighted by atomic mass is 10.0. The number of carbonyl (C=O) groups excluding carboxylic acids is 1. The van der Waals surface area contributed by atoms with Gasteiger partial charge in [0.2, 0.25) is 0 Å². The molecule has 114 valence electrons. The lowest BCUT2D eigenvalue weighted by molar-refractivity contribution is -0.384. The summed E-state index contributed by atoms with van der Waals surface area (Å²) in [6.07, 6.45) is 1.60. The van der Waals surface area contributed by atoms with Gasteiger partial charge in [0, 0.05) is 25.8 Å². The van der Waals surface area contributed by atoms with E-state index in [4.69, 9.17) is 4.74 Å². The number of nitro groups is 1. The molecule has 2 rings (SSSR count). The van der Waals surface area contributed by atoms with Gasteiger partial charge in [-0.1, -0.05) is 6.07 Å². The first kappa shape index (κ1) is 15.2. The maximum absolute atomic E-state index is 12.4. The average molecular weight is 293 g/mol. The molecule has 1 aliphatic rings. The van der Waals surface area contributed by atoms with Gasteiger partial charge in [-0.05, 0) is 25.8 Å². The number of nitrogens with one attached hydrogen (secondary N) is 2. The fraction of sp³-hybridized carbons (Fsp3) is 0.500. The van der Waals surface area contributed by atoms with Crippen molar-refractivity contribution < 1.29 is 14.5 Å². The highest BCUT2D eigenvalue weighted by atomic mass is 16.6.